The van der Waals surface area contributed by atoms with Gasteiger partial charge >= 0.3 is 6.03 Å². The maximum absolute atomic E-state index is 12.2. The molecule has 0 unspecified atom stereocenters. The Morgan fingerprint density at radius 3 is 2.41 bits per heavy atom. The molecule has 0 saturated heterocycles. The number of rotatable bonds is 3. The number of nitrogens with two attached hydrogens (primary N) is 1. The molecule has 3 amide bonds. The number of amides is 3. The van der Waals surface area contributed by atoms with Crippen LogP contribution in [0.4, 0.5) is 16.2 Å². The van der Waals surface area contributed by atoms with Crippen molar-refractivity contribution in [2.24, 2.45) is 5.92 Å². The zero-order valence-electron chi connectivity index (χ0n) is 12.9. The maximum atomic E-state index is 12.2. The van der Waals surface area contributed by atoms with Crippen molar-refractivity contribution >= 4 is 23.3 Å². The smallest absolute Gasteiger partial charge is 0.332 e. The fourth-order valence-electron chi connectivity index (χ4n) is 2.71. The number of urea groups is 1. The lowest BCUT2D eigenvalue weighted by Gasteiger charge is -2.20. The second kappa shape index (κ2) is 7.64. The molecule has 118 valence electrons. The molecule has 2 rings (SSSR count). The Hall–Kier alpha value is -2.30. The van der Waals surface area contributed by atoms with Crippen molar-refractivity contribution < 1.29 is 9.59 Å². The minimum Gasteiger partial charge on any atom is -0.399 e. The van der Waals surface area contributed by atoms with Crippen LogP contribution in [0.1, 0.15) is 39.0 Å². The van der Waals surface area contributed by atoms with Crippen molar-refractivity contribution in [1.29, 1.82) is 0 Å². The van der Waals surface area contributed by atoms with Crippen LogP contribution in [0.3, 0.4) is 0 Å². The van der Waals surface area contributed by atoms with Crippen LogP contribution >= 0.6 is 0 Å². The van der Waals surface area contributed by atoms with Gasteiger partial charge in [-0.25, -0.2) is 9.69 Å². The first-order chi connectivity index (χ1) is 10.6. The molecule has 3 N–H and O–H groups in total. The molecule has 0 aliphatic heterocycles. The van der Waals surface area contributed by atoms with Crippen LogP contribution in [0.15, 0.2) is 36.5 Å². The summed E-state index contributed by atoms with van der Waals surface area (Å²) in [5.74, 6) is 0.185. The van der Waals surface area contributed by atoms with Gasteiger partial charge in [-0.05, 0) is 43.0 Å². The van der Waals surface area contributed by atoms with Crippen LogP contribution in [0, 0.1) is 5.92 Å². The Morgan fingerprint density at radius 1 is 1.18 bits per heavy atom. The molecule has 0 bridgehead atoms. The highest BCUT2D eigenvalue weighted by molar-refractivity contribution is 6.13. The molecular weight excluding hydrogens is 278 g/mol. The molecule has 22 heavy (non-hydrogen) atoms. The summed E-state index contributed by atoms with van der Waals surface area (Å²) < 4.78 is 0. The van der Waals surface area contributed by atoms with Gasteiger partial charge in [0.2, 0.25) is 5.91 Å². The molecule has 1 aliphatic carbocycles. The minimum absolute atomic E-state index is 0.340. The summed E-state index contributed by atoms with van der Waals surface area (Å²) >= 11 is 0. The summed E-state index contributed by atoms with van der Waals surface area (Å²) in [5.41, 5.74) is 6.72. The highest BCUT2D eigenvalue weighted by Gasteiger charge is 2.19. The van der Waals surface area contributed by atoms with Crippen LogP contribution in [0.5, 0.6) is 0 Å². The summed E-state index contributed by atoms with van der Waals surface area (Å²) in [5, 5.41) is 2.68. The Kier molecular flexibility index (Phi) is 5.58. The van der Waals surface area contributed by atoms with Gasteiger partial charge in [0.15, 0.2) is 0 Å². The fraction of sp³-hybridized carbons (Fsp3) is 0.412. The molecule has 0 spiro atoms. The van der Waals surface area contributed by atoms with Gasteiger partial charge in [0, 0.05) is 18.8 Å². The molecular formula is C17H23N3O2. The van der Waals surface area contributed by atoms with Crippen molar-refractivity contribution in [1.82, 2.24) is 5.32 Å². The number of carbonyl (C=O) groups excluding carboxylic acids is 2. The van der Waals surface area contributed by atoms with Crippen molar-refractivity contribution in [2.45, 2.75) is 39.0 Å². The highest BCUT2D eigenvalue weighted by atomic mass is 16.2. The van der Waals surface area contributed by atoms with E-state index < -0.39 is 6.03 Å². The highest BCUT2D eigenvalue weighted by Crippen LogP contribution is 2.24. The van der Waals surface area contributed by atoms with E-state index in [1.54, 1.807) is 30.5 Å². The van der Waals surface area contributed by atoms with Crippen molar-refractivity contribution in [3.8, 4) is 0 Å². The van der Waals surface area contributed by atoms with Crippen LogP contribution in [0.25, 0.3) is 0 Å². The normalized spacial score (nSPS) is 15.7. The number of imide groups is 1. The topological polar surface area (TPSA) is 75.4 Å². The molecule has 1 fully saturated rings. The van der Waals surface area contributed by atoms with Crippen molar-refractivity contribution in [3.63, 3.8) is 0 Å². The number of hydrogen-bond acceptors (Lipinski definition) is 3. The van der Waals surface area contributed by atoms with E-state index in [-0.39, 0.29) is 5.91 Å². The summed E-state index contributed by atoms with van der Waals surface area (Å²) in [7, 11) is 0. The van der Waals surface area contributed by atoms with Crippen LogP contribution in [0.2, 0.25) is 0 Å². The number of allylic oxidation sites excluding steroid dienone is 1. The van der Waals surface area contributed by atoms with Gasteiger partial charge in [-0.1, -0.05) is 25.3 Å². The molecule has 1 aromatic carbocycles. The standard InChI is InChI=1S/C17H23N3O2/c1-13(21)20(16-9-7-15(18)8-10-16)17(22)19-12-11-14-5-3-2-4-6-14/h7-12,14H,2-6,18H2,1H3,(H,19,22)/b12-11+. The van der Waals surface area contributed by atoms with Gasteiger partial charge in [0.25, 0.3) is 0 Å². The Labute approximate surface area is 131 Å². The van der Waals surface area contributed by atoms with E-state index in [0.717, 1.165) is 4.90 Å². The molecule has 0 aromatic heterocycles. The second-order valence-corrected chi connectivity index (χ2v) is 5.65. The quantitative estimate of drug-likeness (QED) is 0.840. The number of anilines is 2. The van der Waals surface area contributed by atoms with E-state index in [9.17, 15) is 9.59 Å². The van der Waals surface area contributed by atoms with Gasteiger partial charge < -0.3 is 11.1 Å². The van der Waals surface area contributed by atoms with Gasteiger partial charge in [0.05, 0.1) is 5.69 Å². The predicted molar refractivity (Wildman–Crippen MR) is 88.3 cm³/mol. The second-order valence-electron chi connectivity index (χ2n) is 5.65. The molecule has 5 heteroatoms. The first-order valence-corrected chi connectivity index (χ1v) is 7.71. The number of hydrogen-bond donors (Lipinski definition) is 2. The molecule has 0 atom stereocenters. The summed E-state index contributed by atoms with van der Waals surface area (Å²) in [6.45, 7) is 1.36. The number of benzene rings is 1. The van der Waals surface area contributed by atoms with Crippen molar-refractivity contribution in [3.05, 3.63) is 36.5 Å². The van der Waals surface area contributed by atoms with E-state index in [0.29, 0.717) is 17.3 Å². The number of nitrogen functional groups attached to an aromatic ring is 1. The molecule has 0 heterocycles. The summed E-state index contributed by atoms with van der Waals surface area (Å²) in [4.78, 5) is 25.1. The lowest BCUT2D eigenvalue weighted by Crippen LogP contribution is -2.41. The third-order valence-corrected chi connectivity index (χ3v) is 3.89. The minimum atomic E-state index is -0.454. The largest absolute Gasteiger partial charge is 0.399 e. The van der Waals surface area contributed by atoms with Gasteiger partial charge in [-0.3, -0.25) is 4.79 Å². The number of nitrogens with zero attached hydrogens (tertiary/aromatic N) is 1. The Bertz CT molecular complexity index is 546. The third-order valence-electron chi connectivity index (χ3n) is 3.89. The van der Waals surface area contributed by atoms with E-state index in [1.165, 1.54) is 39.0 Å². The number of carbonyl (C=O) groups is 2. The lowest BCUT2D eigenvalue weighted by molar-refractivity contribution is -0.115. The van der Waals surface area contributed by atoms with Gasteiger partial charge in [0.1, 0.15) is 0 Å². The Balaban J connectivity index is 1.99. The first-order valence-electron chi connectivity index (χ1n) is 7.71. The maximum Gasteiger partial charge on any atom is 0.332 e. The summed E-state index contributed by atoms with van der Waals surface area (Å²) in [6, 6.07) is 6.18. The average Bonchev–Trinajstić information content (AvgIpc) is 2.50. The molecule has 1 aromatic rings. The zero-order valence-corrected chi connectivity index (χ0v) is 12.9. The van der Waals surface area contributed by atoms with Gasteiger partial charge in [-0.2, -0.15) is 0 Å². The zero-order chi connectivity index (χ0) is 15.9. The fourth-order valence-corrected chi connectivity index (χ4v) is 2.71. The molecule has 1 saturated carbocycles. The third kappa shape index (κ3) is 4.35. The van der Waals surface area contributed by atoms with Gasteiger partial charge in [-0.15, -0.1) is 0 Å². The van der Waals surface area contributed by atoms with E-state index in [4.69, 9.17) is 5.73 Å². The SMILES string of the molecule is CC(=O)N(C(=O)N/C=C/C1CCCCC1)c1ccc(N)cc1. The van der Waals surface area contributed by atoms with E-state index >= 15 is 0 Å². The molecule has 0 radical (unpaired) electrons. The first kappa shape index (κ1) is 16.1. The molecule has 1 aliphatic rings. The van der Waals surface area contributed by atoms with Crippen molar-refractivity contribution in [2.75, 3.05) is 10.6 Å². The lowest BCUT2D eigenvalue weighted by atomic mass is 9.89. The summed E-state index contributed by atoms with van der Waals surface area (Å²) in [6.07, 6.45) is 9.80. The van der Waals surface area contributed by atoms with Crippen LogP contribution in [-0.4, -0.2) is 11.9 Å². The Morgan fingerprint density at radius 2 is 1.82 bits per heavy atom. The predicted octanol–water partition coefficient (Wildman–Crippen LogP) is 3.43. The number of nitrogens with one attached hydrogen (secondary N) is 1. The van der Waals surface area contributed by atoms with Crippen LogP contribution < -0.4 is 16.0 Å². The monoisotopic (exact) mass is 301 g/mol. The average molecular weight is 301 g/mol. The van der Waals surface area contributed by atoms with Crippen LogP contribution in [-0.2, 0) is 4.79 Å². The van der Waals surface area contributed by atoms with E-state index in [1.807, 2.05) is 6.08 Å². The molecule has 5 nitrogen and oxygen atoms in total. The van der Waals surface area contributed by atoms with E-state index in [2.05, 4.69) is 5.32 Å².